The van der Waals surface area contributed by atoms with Crippen molar-refractivity contribution >= 4 is 5.97 Å². The molecule has 0 aromatic carbocycles. The molecule has 2 rings (SSSR count). The minimum absolute atomic E-state index is 0.230. The highest BCUT2D eigenvalue weighted by Gasteiger charge is 2.46. The third kappa shape index (κ3) is 2.85. The predicted octanol–water partition coefficient (Wildman–Crippen LogP) is 1.99. The molecule has 3 unspecified atom stereocenters. The maximum absolute atomic E-state index is 11.4. The minimum Gasteiger partial charge on any atom is -0.481 e. The largest absolute Gasteiger partial charge is 0.481 e. The fourth-order valence-electron chi connectivity index (χ4n) is 3.15. The molecule has 0 bridgehead atoms. The SMILES string of the molecule is Cc1nnc(CNC2CCC(C(=O)O)C(C)(C)C2C)o1. The molecular formula is C14H23N3O3. The number of nitrogens with one attached hydrogen (secondary N) is 1. The summed E-state index contributed by atoms with van der Waals surface area (Å²) in [7, 11) is 0. The van der Waals surface area contributed by atoms with E-state index in [4.69, 9.17) is 4.42 Å². The van der Waals surface area contributed by atoms with Crippen LogP contribution in [0.2, 0.25) is 0 Å². The van der Waals surface area contributed by atoms with Gasteiger partial charge in [0.25, 0.3) is 0 Å². The zero-order valence-corrected chi connectivity index (χ0v) is 12.5. The summed E-state index contributed by atoms with van der Waals surface area (Å²) in [4.78, 5) is 11.4. The van der Waals surface area contributed by atoms with Gasteiger partial charge in [-0.3, -0.25) is 4.79 Å². The van der Waals surface area contributed by atoms with Crippen LogP contribution in [0.5, 0.6) is 0 Å². The number of rotatable bonds is 4. The third-order valence-corrected chi connectivity index (χ3v) is 4.82. The molecule has 2 N–H and O–H groups in total. The summed E-state index contributed by atoms with van der Waals surface area (Å²) in [6.07, 6.45) is 1.56. The molecular weight excluding hydrogens is 258 g/mol. The fraction of sp³-hybridized carbons (Fsp3) is 0.786. The van der Waals surface area contributed by atoms with E-state index in [1.807, 2.05) is 13.8 Å². The van der Waals surface area contributed by atoms with E-state index in [-0.39, 0.29) is 23.3 Å². The summed E-state index contributed by atoms with van der Waals surface area (Å²) >= 11 is 0. The molecule has 0 radical (unpaired) electrons. The molecule has 1 aromatic heterocycles. The van der Waals surface area contributed by atoms with Crippen LogP contribution in [-0.4, -0.2) is 27.3 Å². The van der Waals surface area contributed by atoms with Gasteiger partial charge in [0.1, 0.15) is 0 Å². The Hall–Kier alpha value is -1.43. The number of aryl methyl sites for hydroxylation is 1. The van der Waals surface area contributed by atoms with E-state index in [1.165, 1.54) is 0 Å². The molecule has 0 amide bonds. The molecule has 0 aliphatic heterocycles. The van der Waals surface area contributed by atoms with E-state index in [9.17, 15) is 9.90 Å². The monoisotopic (exact) mass is 281 g/mol. The smallest absolute Gasteiger partial charge is 0.307 e. The number of carboxylic acids is 1. The van der Waals surface area contributed by atoms with Crippen molar-refractivity contribution in [2.75, 3.05) is 0 Å². The standard InChI is InChI=1S/C14H23N3O3/c1-8-11(15-7-12-17-16-9(2)20-12)6-5-10(13(18)19)14(8,3)4/h8,10-11,15H,5-7H2,1-4H3,(H,18,19). The van der Waals surface area contributed by atoms with Crippen molar-refractivity contribution in [3.05, 3.63) is 11.8 Å². The second-order valence-electron chi connectivity index (χ2n) is 6.28. The third-order valence-electron chi connectivity index (χ3n) is 4.82. The molecule has 1 heterocycles. The van der Waals surface area contributed by atoms with Crippen LogP contribution in [-0.2, 0) is 11.3 Å². The van der Waals surface area contributed by atoms with E-state index in [0.29, 0.717) is 24.7 Å². The van der Waals surface area contributed by atoms with Crippen molar-refractivity contribution in [1.82, 2.24) is 15.5 Å². The van der Waals surface area contributed by atoms with Crippen LogP contribution in [0, 0.1) is 24.2 Å². The molecule has 1 aliphatic carbocycles. The highest BCUT2D eigenvalue weighted by atomic mass is 16.4. The Balaban J connectivity index is 1.99. The molecule has 6 heteroatoms. The average molecular weight is 281 g/mol. The molecule has 6 nitrogen and oxygen atoms in total. The van der Waals surface area contributed by atoms with Crippen LogP contribution in [0.3, 0.4) is 0 Å². The lowest BCUT2D eigenvalue weighted by Crippen LogP contribution is -2.50. The number of hydrogen-bond donors (Lipinski definition) is 2. The quantitative estimate of drug-likeness (QED) is 0.877. The summed E-state index contributed by atoms with van der Waals surface area (Å²) in [6.45, 7) is 8.50. The molecule has 0 spiro atoms. The van der Waals surface area contributed by atoms with E-state index in [0.717, 1.165) is 6.42 Å². The Kier molecular flexibility index (Phi) is 4.13. The molecule has 0 saturated heterocycles. The summed E-state index contributed by atoms with van der Waals surface area (Å²) in [5.74, 6) is 0.438. The summed E-state index contributed by atoms with van der Waals surface area (Å²) < 4.78 is 5.34. The van der Waals surface area contributed by atoms with E-state index in [1.54, 1.807) is 6.92 Å². The van der Waals surface area contributed by atoms with Gasteiger partial charge in [-0.1, -0.05) is 20.8 Å². The molecule has 1 aromatic rings. The number of carbonyl (C=O) groups is 1. The number of hydrogen-bond acceptors (Lipinski definition) is 5. The second kappa shape index (κ2) is 5.52. The normalized spacial score (nSPS) is 29.3. The maximum Gasteiger partial charge on any atom is 0.307 e. The Labute approximate surface area is 119 Å². The Morgan fingerprint density at radius 1 is 1.45 bits per heavy atom. The highest BCUT2D eigenvalue weighted by Crippen LogP contribution is 2.45. The van der Waals surface area contributed by atoms with Gasteiger partial charge in [0.05, 0.1) is 12.5 Å². The van der Waals surface area contributed by atoms with Gasteiger partial charge in [-0.25, -0.2) is 0 Å². The van der Waals surface area contributed by atoms with Gasteiger partial charge in [0.15, 0.2) is 0 Å². The van der Waals surface area contributed by atoms with Crippen LogP contribution in [0.4, 0.5) is 0 Å². The van der Waals surface area contributed by atoms with Crippen LogP contribution in [0.15, 0.2) is 4.42 Å². The van der Waals surface area contributed by atoms with Crippen molar-refractivity contribution in [3.8, 4) is 0 Å². The van der Waals surface area contributed by atoms with Gasteiger partial charge in [-0.15, -0.1) is 10.2 Å². The molecule has 20 heavy (non-hydrogen) atoms. The van der Waals surface area contributed by atoms with Crippen molar-refractivity contribution < 1.29 is 14.3 Å². The summed E-state index contributed by atoms with van der Waals surface area (Å²) in [6, 6.07) is 0.271. The lowest BCUT2D eigenvalue weighted by Gasteiger charge is -2.46. The first-order chi connectivity index (χ1) is 9.32. The Morgan fingerprint density at radius 3 is 2.70 bits per heavy atom. The number of aromatic nitrogens is 2. The Bertz CT molecular complexity index is 484. The molecule has 3 atom stereocenters. The fourth-order valence-corrected chi connectivity index (χ4v) is 3.15. The predicted molar refractivity (Wildman–Crippen MR) is 73.0 cm³/mol. The van der Waals surface area contributed by atoms with E-state index in [2.05, 4.69) is 22.4 Å². The maximum atomic E-state index is 11.4. The van der Waals surface area contributed by atoms with Crippen LogP contribution >= 0.6 is 0 Å². The topological polar surface area (TPSA) is 88.2 Å². The van der Waals surface area contributed by atoms with Crippen molar-refractivity contribution in [3.63, 3.8) is 0 Å². The molecule has 112 valence electrons. The van der Waals surface area contributed by atoms with Crippen LogP contribution in [0.1, 0.15) is 45.4 Å². The van der Waals surface area contributed by atoms with Crippen molar-refractivity contribution in [1.29, 1.82) is 0 Å². The van der Waals surface area contributed by atoms with Crippen molar-refractivity contribution in [2.24, 2.45) is 17.3 Å². The molecule has 1 aliphatic rings. The zero-order valence-electron chi connectivity index (χ0n) is 12.5. The average Bonchev–Trinajstić information content (AvgIpc) is 2.76. The first kappa shape index (κ1) is 15.0. The zero-order chi connectivity index (χ0) is 14.9. The lowest BCUT2D eigenvalue weighted by atomic mass is 9.61. The van der Waals surface area contributed by atoms with Gasteiger partial charge in [0, 0.05) is 13.0 Å². The van der Waals surface area contributed by atoms with Crippen molar-refractivity contribution in [2.45, 2.75) is 53.1 Å². The second-order valence-corrected chi connectivity index (χ2v) is 6.28. The molecule has 1 fully saturated rings. The number of aliphatic carboxylic acids is 1. The van der Waals surface area contributed by atoms with Gasteiger partial charge < -0.3 is 14.8 Å². The van der Waals surface area contributed by atoms with Crippen LogP contribution in [0.25, 0.3) is 0 Å². The summed E-state index contributed by atoms with van der Waals surface area (Å²) in [5.41, 5.74) is -0.230. The number of carboxylic acid groups (broad SMARTS) is 1. The van der Waals surface area contributed by atoms with Gasteiger partial charge >= 0.3 is 5.97 Å². The first-order valence-electron chi connectivity index (χ1n) is 7.07. The summed E-state index contributed by atoms with van der Waals surface area (Å²) in [5, 5.41) is 20.5. The number of nitrogens with zero attached hydrogens (tertiary/aromatic N) is 2. The highest BCUT2D eigenvalue weighted by molar-refractivity contribution is 5.71. The first-order valence-corrected chi connectivity index (χ1v) is 7.07. The van der Waals surface area contributed by atoms with E-state index < -0.39 is 5.97 Å². The Morgan fingerprint density at radius 2 is 2.15 bits per heavy atom. The molecule has 1 saturated carbocycles. The van der Waals surface area contributed by atoms with Gasteiger partial charge in [0.2, 0.25) is 11.8 Å². The van der Waals surface area contributed by atoms with Crippen LogP contribution < -0.4 is 5.32 Å². The minimum atomic E-state index is -0.687. The lowest BCUT2D eigenvalue weighted by molar-refractivity contribution is -0.150. The van der Waals surface area contributed by atoms with Gasteiger partial charge in [-0.05, 0) is 24.2 Å². The van der Waals surface area contributed by atoms with Gasteiger partial charge in [-0.2, -0.15) is 0 Å². The van der Waals surface area contributed by atoms with E-state index >= 15 is 0 Å².